The van der Waals surface area contributed by atoms with E-state index in [2.05, 4.69) is 26.3 Å². The van der Waals surface area contributed by atoms with Gasteiger partial charge in [0.2, 0.25) is 17.7 Å². The zero-order valence-electron chi connectivity index (χ0n) is 21.3. The largest absolute Gasteiger partial charge is 0.507 e. The van der Waals surface area contributed by atoms with Crippen molar-refractivity contribution in [3.8, 4) is 5.75 Å². The van der Waals surface area contributed by atoms with Crippen LogP contribution < -0.4 is 21.3 Å². The van der Waals surface area contributed by atoms with E-state index in [1.165, 1.54) is 19.1 Å². The first-order valence-electron chi connectivity index (χ1n) is 12.7. The van der Waals surface area contributed by atoms with Crippen molar-refractivity contribution >= 4 is 23.6 Å². The topological polar surface area (TPSA) is 170 Å². The van der Waals surface area contributed by atoms with Crippen LogP contribution in [0, 0.1) is 11.8 Å². The van der Waals surface area contributed by atoms with E-state index in [0.717, 1.165) is 18.4 Å². The van der Waals surface area contributed by atoms with Crippen molar-refractivity contribution in [2.45, 2.75) is 63.4 Å². The smallest absolute Gasteiger partial charge is 0.255 e. The van der Waals surface area contributed by atoms with Crippen molar-refractivity contribution in [2.75, 3.05) is 0 Å². The number of carbonyl (C=O) groups is 4. The van der Waals surface area contributed by atoms with E-state index in [4.69, 9.17) is 0 Å². The first-order chi connectivity index (χ1) is 18.2. The second-order valence-electron chi connectivity index (χ2n) is 10.0. The molecule has 2 aliphatic rings. The molecule has 2 fully saturated rings. The number of carbonyl (C=O) groups excluding carboxylic acids is 4. The molecule has 4 amide bonds. The Balaban J connectivity index is 1.66. The van der Waals surface area contributed by atoms with Gasteiger partial charge in [-0.2, -0.15) is 0 Å². The van der Waals surface area contributed by atoms with Crippen molar-refractivity contribution in [1.29, 1.82) is 0 Å². The Hall–Kier alpha value is -3.99. The summed E-state index contributed by atoms with van der Waals surface area (Å²) in [6, 6.07) is 5.55. The van der Waals surface area contributed by atoms with Crippen molar-refractivity contribution in [1.82, 2.24) is 26.3 Å². The Labute approximate surface area is 220 Å². The molecule has 1 aliphatic carbocycles. The molecule has 1 unspecified atom stereocenters. The summed E-state index contributed by atoms with van der Waals surface area (Å²) in [6.45, 7) is 3.11. The van der Waals surface area contributed by atoms with E-state index in [-0.39, 0.29) is 23.7 Å². The third-order valence-electron chi connectivity index (χ3n) is 7.11. The van der Waals surface area contributed by atoms with E-state index in [9.17, 15) is 29.4 Å². The molecule has 38 heavy (non-hydrogen) atoms. The summed E-state index contributed by atoms with van der Waals surface area (Å²) in [7, 11) is 0. The first-order valence-corrected chi connectivity index (χ1v) is 12.7. The lowest BCUT2D eigenvalue weighted by molar-refractivity contribution is -0.136. The van der Waals surface area contributed by atoms with Crippen LogP contribution in [0.4, 0.5) is 0 Å². The molecule has 1 saturated carbocycles. The molecule has 1 aromatic carbocycles. The number of phenols is 1. The van der Waals surface area contributed by atoms with Gasteiger partial charge in [0.05, 0.1) is 29.7 Å². The Kier molecular flexibility index (Phi) is 8.26. The predicted octanol–water partition coefficient (Wildman–Crippen LogP) is 0.0232. The van der Waals surface area contributed by atoms with Gasteiger partial charge >= 0.3 is 0 Å². The SMILES string of the molecule is C[C@H]1NC(=O)C(C2CC2)NC(=O)[C@H](C)[C@H](O)[C@H](Cc2cccnc2)NC(=O)[C@H]1NC(=O)c1ccccc1O. The summed E-state index contributed by atoms with van der Waals surface area (Å²) >= 11 is 0. The van der Waals surface area contributed by atoms with Crippen LogP contribution in [0.3, 0.4) is 0 Å². The van der Waals surface area contributed by atoms with Gasteiger partial charge in [-0.25, -0.2) is 0 Å². The van der Waals surface area contributed by atoms with E-state index in [1.807, 2.05) is 0 Å². The zero-order chi connectivity index (χ0) is 27.4. The molecule has 6 atom stereocenters. The van der Waals surface area contributed by atoms with Gasteiger partial charge in [0, 0.05) is 12.4 Å². The number of benzene rings is 1. The van der Waals surface area contributed by atoms with E-state index < -0.39 is 59.8 Å². The lowest BCUT2D eigenvalue weighted by atomic mass is 9.91. The maximum absolute atomic E-state index is 13.6. The van der Waals surface area contributed by atoms with Crippen LogP contribution in [0.2, 0.25) is 0 Å². The maximum Gasteiger partial charge on any atom is 0.255 e. The highest BCUT2D eigenvalue weighted by atomic mass is 16.3. The number of para-hydroxylation sites is 1. The molecular weight excluding hydrogens is 490 g/mol. The number of phenolic OH excluding ortho intramolecular Hbond substituents is 1. The standard InChI is InChI=1S/C27H33N5O6/c1-14-23(34)19(12-16-6-5-11-28-13-16)30-26(37)21(31-25(36)18-7-3-4-8-20(18)33)15(2)29-27(38)22(17-9-10-17)32-24(14)35/h3-8,11,13-15,17,19,21-23,33-34H,9-10,12H2,1-2H3,(H,29,38)(H,30,37)(H,31,36)(H,32,35)/t14-,15-,19+,21+,22?,23+/m1/s1. The van der Waals surface area contributed by atoms with Gasteiger partial charge in [-0.05, 0) is 55.9 Å². The lowest BCUT2D eigenvalue weighted by Gasteiger charge is -2.34. The number of aliphatic hydroxyl groups excluding tert-OH is 1. The van der Waals surface area contributed by atoms with E-state index in [0.29, 0.717) is 0 Å². The normalized spacial score (nSPS) is 28.7. The number of hydrogen-bond donors (Lipinski definition) is 6. The molecule has 4 rings (SSSR count). The van der Waals surface area contributed by atoms with Gasteiger partial charge in [0.25, 0.3) is 5.91 Å². The van der Waals surface area contributed by atoms with Crippen molar-refractivity contribution in [3.05, 3.63) is 59.9 Å². The van der Waals surface area contributed by atoms with Crippen molar-refractivity contribution in [2.24, 2.45) is 11.8 Å². The second kappa shape index (κ2) is 11.6. The zero-order valence-corrected chi connectivity index (χ0v) is 21.3. The number of amides is 4. The molecule has 202 valence electrons. The number of aromatic nitrogens is 1. The highest BCUT2D eigenvalue weighted by Crippen LogP contribution is 2.33. The number of hydrogen-bond acceptors (Lipinski definition) is 7. The predicted molar refractivity (Wildman–Crippen MR) is 137 cm³/mol. The molecule has 1 aliphatic heterocycles. The fourth-order valence-corrected chi connectivity index (χ4v) is 4.62. The van der Waals surface area contributed by atoms with Crippen LogP contribution in [-0.2, 0) is 20.8 Å². The molecule has 0 spiro atoms. The Morgan fingerprint density at radius 1 is 1.00 bits per heavy atom. The maximum atomic E-state index is 13.6. The number of pyridine rings is 1. The van der Waals surface area contributed by atoms with Gasteiger partial charge in [-0.1, -0.05) is 25.1 Å². The molecule has 1 saturated heterocycles. The van der Waals surface area contributed by atoms with Crippen LogP contribution in [0.1, 0.15) is 42.6 Å². The fourth-order valence-electron chi connectivity index (χ4n) is 4.62. The minimum Gasteiger partial charge on any atom is -0.507 e. The summed E-state index contributed by atoms with van der Waals surface area (Å²) in [4.78, 5) is 56.9. The van der Waals surface area contributed by atoms with E-state index in [1.54, 1.807) is 43.6 Å². The fraction of sp³-hybridized carbons (Fsp3) is 0.444. The number of rotatable bonds is 5. The minimum atomic E-state index is -1.30. The van der Waals surface area contributed by atoms with Gasteiger partial charge in [-0.15, -0.1) is 0 Å². The Morgan fingerprint density at radius 2 is 1.74 bits per heavy atom. The Bertz CT molecular complexity index is 1190. The van der Waals surface area contributed by atoms with Crippen molar-refractivity contribution in [3.63, 3.8) is 0 Å². The van der Waals surface area contributed by atoms with E-state index >= 15 is 0 Å². The van der Waals surface area contributed by atoms with Gasteiger partial charge in [0.15, 0.2) is 0 Å². The van der Waals surface area contributed by atoms with Crippen molar-refractivity contribution < 1.29 is 29.4 Å². The molecule has 6 N–H and O–H groups in total. The van der Waals surface area contributed by atoms with Crippen LogP contribution in [0.25, 0.3) is 0 Å². The van der Waals surface area contributed by atoms with Gasteiger partial charge in [-0.3, -0.25) is 24.2 Å². The molecule has 11 nitrogen and oxygen atoms in total. The molecule has 0 radical (unpaired) electrons. The summed E-state index contributed by atoms with van der Waals surface area (Å²) in [5.74, 6) is -3.59. The third-order valence-corrected chi connectivity index (χ3v) is 7.11. The highest BCUT2D eigenvalue weighted by Gasteiger charge is 2.42. The average molecular weight is 524 g/mol. The number of aromatic hydroxyl groups is 1. The molecule has 2 heterocycles. The average Bonchev–Trinajstić information content (AvgIpc) is 3.74. The molecular formula is C27H33N5O6. The summed E-state index contributed by atoms with van der Waals surface area (Å²) in [5.41, 5.74) is 0.692. The number of aliphatic hydroxyl groups is 1. The Morgan fingerprint density at radius 3 is 2.39 bits per heavy atom. The molecule has 1 aromatic heterocycles. The molecule has 0 bridgehead atoms. The third kappa shape index (κ3) is 6.28. The minimum absolute atomic E-state index is 0.0337. The van der Waals surface area contributed by atoms with Crippen LogP contribution >= 0.6 is 0 Å². The quantitative estimate of drug-likeness (QED) is 0.321. The lowest BCUT2D eigenvalue weighted by Crippen LogP contribution is -2.64. The molecule has 2 aromatic rings. The number of nitrogens with one attached hydrogen (secondary N) is 4. The summed E-state index contributed by atoms with van der Waals surface area (Å²) < 4.78 is 0. The summed E-state index contributed by atoms with van der Waals surface area (Å²) in [5, 5.41) is 32.3. The number of nitrogens with zero attached hydrogens (tertiary/aromatic N) is 1. The monoisotopic (exact) mass is 523 g/mol. The molecule has 11 heteroatoms. The van der Waals surface area contributed by atoms with Gasteiger partial charge in [0.1, 0.15) is 17.8 Å². The van der Waals surface area contributed by atoms with Gasteiger partial charge < -0.3 is 31.5 Å². The second-order valence-corrected chi connectivity index (χ2v) is 10.0. The van der Waals surface area contributed by atoms with Crippen LogP contribution in [-0.4, -0.2) is 69.1 Å². The first kappa shape index (κ1) is 27.1. The van der Waals surface area contributed by atoms with Crippen LogP contribution in [0.15, 0.2) is 48.8 Å². The van der Waals surface area contributed by atoms with Crippen LogP contribution in [0.5, 0.6) is 5.75 Å². The summed E-state index contributed by atoms with van der Waals surface area (Å²) in [6.07, 6.45) is 3.60. The highest BCUT2D eigenvalue weighted by molar-refractivity contribution is 6.00.